The summed E-state index contributed by atoms with van der Waals surface area (Å²) in [6.45, 7) is 4.15. The number of dihydropyridines is 1. The number of amides is 1. The summed E-state index contributed by atoms with van der Waals surface area (Å²) >= 11 is 0. The summed E-state index contributed by atoms with van der Waals surface area (Å²) in [6.07, 6.45) is 10.7. The van der Waals surface area contributed by atoms with Crippen molar-refractivity contribution in [3.8, 4) is 11.8 Å². The first-order valence-corrected chi connectivity index (χ1v) is 17.8. The first kappa shape index (κ1) is 32.9. The molecule has 13 nitrogen and oxygen atoms in total. The van der Waals surface area contributed by atoms with Crippen molar-refractivity contribution in [3.63, 3.8) is 0 Å². The molecule has 1 aromatic carbocycles. The largest absolute Gasteiger partial charge is 0.346 e. The van der Waals surface area contributed by atoms with Gasteiger partial charge in [-0.25, -0.2) is 9.50 Å². The molecule has 2 aliphatic carbocycles. The number of benzene rings is 1. The van der Waals surface area contributed by atoms with Gasteiger partial charge in [0.25, 0.3) is 16.1 Å². The molecule has 4 heterocycles. The van der Waals surface area contributed by atoms with E-state index in [1.54, 1.807) is 42.5 Å². The Morgan fingerprint density at radius 3 is 2.72 bits per heavy atom. The average Bonchev–Trinajstić information content (AvgIpc) is 3.66. The Hall–Kier alpha value is -5.65. The molecule has 1 amide bonds. The molecule has 4 aromatic rings. The molecular weight excluding hydrogens is 655 g/mol. The molecule has 14 heteroatoms. The third-order valence-electron chi connectivity index (χ3n) is 8.94. The average molecular weight is 690 g/mol. The Morgan fingerprint density at radius 2 is 1.96 bits per heavy atom. The third kappa shape index (κ3) is 6.17. The first-order valence-electron chi connectivity index (χ1n) is 16.4. The minimum absolute atomic E-state index is 0.0454. The fourth-order valence-corrected chi connectivity index (χ4v) is 7.79. The van der Waals surface area contributed by atoms with Crippen molar-refractivity contribution in [2.75, 3.05) is 17.8 Å². The number of rotatable bonds is 8. The van der Waals surface area contributed by atoms with E-state index < -0.39 is 28.1 Å². The molecule has 3 aromatic heterocycles. The number of Topliss-reactive ketones (excluding diaryl/α,β-unsaturated/α-hetero) is 1. The number of fused-ring (bicyclic) bond motifs is 1. The molecule has 0 fully saturated rings. The molecule has 3 aliphatic rings. The Bertz CT molecular complexity index is 2340. The van der Waals surface area contributed by atoms with Crippen LogP contribution in [0.15, 0.2) is 99.6 Å². The second-order valence-corrected chi connectivity index (χ2v) is 13.8. The van der Waals surface area contributed by atoms with E-state index >= 15 is 0 Å². The SMILES string of the molecule is CCNS(=O)(=O)Nc1nn2cccnc2c1C(=O)NC(C)C1=C2CCCC3=C2C(=C(C#Cc2cnn(C)c2)C(=O)C1c1ccccc1)C=NC3. The lowest BCUT2D eigenvalue weighted by atomic mass is 9.76. The lowest BCUT2D eigenvalue weighted by Crippen LogP contribution is -2.38. The molecule has 1 aliphatic heterocycles. The van der Waals surface area contributed by atoms with E-state index in [0.29, 0.717) is 29.7 Å². The van der Waals surface area contributed by atoms with E-state index in [-0.39, 0.29) is 29.4 Å². The predicted octanol–water partition coefficient (Wildman–Crippen LogP) is 3.42. The Balaban J connectivity index is 1.36. The number of carbonyl (C=O) groups is 2. The van der Waals surface area contributed by atoms with Crippen molar-refractivity contribution < 1.29 is 18.0 Å². The molecule has 2 atom stereocenters. The highest BCUT2D eigenvalue weighted by Crippen LogP contribution is 2.46. The zero-order valence-electron chi connectivity index (χ0n) is 27.8. The number of hydrogen-bond acceptors (Lipinski definition) is 8. The van der Waals surface area contributed by atoms with Crippen LogP contribution in [0, 0.1) is 11.8 Å². The number of carbonyl (C=O) groups excluding carboxylic acids is 2. The minimum atomic E-state index is -4.03. The first-order chi connectivity index (χ1) is 24.1. The summed E-state index contributed by atoms with van der Waals surface area (Å²) in [6, 6.07) is 10.5. The normalized spacial score (nSPS) is 18.1. The van der Waals surface area contributed by atoms with Crippen LogP contribution in [0.3, 0.4) is 0 Å². The van der Waals surface area contributed by atoms with Crippen LogP contribution in [0.4, 0.5) is 5.82 Å². The molecule has 50 heavy (non-hydrogen) atoms. The number of aliphatic imine (C=N–C) groups is 1. The highest BCUT2D eigenvalue weighted by Gasteiger charge is 2.40. The maximum absolute atomic E-state index is 15.0. The van der Waals surface area contributed by atoms with Gasteiger partial charge in [0.1, 0.15) is 5.56 Å². The summed E-state index contributed by atoms with van der Waals surface area (Å²) < 4.78 is 33.2. The van der Waals surface area contributed by atoms with E-state index in [2.05, 4.69) is 46.8 Å². The van der Waals surface area contributed by atoms with E-state index in [1.165, 1.54) is 10.7 Å². The summed E-state index contributed by atoms with van der Waals surface area (Å²) in [5.74, 6) is 4.61. The van der Waals surface area contributed by atoms with E-state index in [1.807, 2.05) is 44.3 Å². The van der Waals surface area contributed by atoms with Crippen LogP contribution in [0.5, 0.6) is 0 Å². The number of nitrogens with zero attached hydrogens (tertiary/aromatic N) is 6. The van der Waals surface area contributed by atoms with Crippen LogP contribution in [0.2, 0.25) is 0 Å². The number of ketones is 1. The Morgan fingerprint density at radius 1 is 1.14 bits per heavy atom. The minimum Gasteiger partial charge on any atom is -0.346 e. The lowest BCUT2D eigenvalue weighted by molar-refractivity contribution is -0.115. The van der Waals surface area contributed by atoms with Gasteiger partial charge in [0.05, 0.1) is 29.8 Å². The Labute approximate surface area is 289 Å². The molecule has 254 valence electrons. The summed E-state index contributed by atoms with van der Waals surface area (Å²) in [7, 11) is -2.22. The molecule has 2 unspecified atom stereocenters. The van der Waals surface area contributed by atoms with E-state index in [9.17, 15) is 18.0 Å². The van der Waals surface area contributed by atoms with Gasteiger partial charge in [0.2, 0.25) is 0 Å². The predicted molar refractivity (Wildman–Crippen MR) is 189 cm³/mol. The number of aromatic nitrogens is 5. The molecule has 0 radical (unpaired) electrons. The second kappa shape index (κ2) is 13.3. The number of hydrogen-bond donors (Lipinski definition) is 3. The van der Waals surface area contributed by atoms with Crippen LogP contribution >= 0.6 is 0 Å². The van der Waals surface area contributed by atoms with Crippen LogP contribution in [0.25, 0.3) is 5.65 Å². The van der Waals surface area contributed by atoms with Gasteiger partial charge in [-0.3, -0.25) is 24.0 Å². The van der Waals surface area contributed by atoms with E-state index in [0.717, 1.165) is 40.7 Å². The number of aryl methyl sites for hydroxylation is 1. The molecule has 0 spiro atoms. The summed E-state index contributed by atoms with van der Waals surface area (Å²) in [4.78, 5) is 38.3. The van der Waals surface area contributed by atoms with Crippen LogP contribution in [-0.2, 0) is 22.1 Å². The van der Waals surface area contributed by atoms with Crippen molar-refractivity contribution >= 4 is 39.6 Å². The van der Waals surface area contributed by atoms with Crippen LogP contribution in [-0.4, -0.2) is 69.8 Å². The van der Waals surface area contributed by atoms with Crippen LogP contribution < -0.4 is 14.8 Å². The van der Waals surface area contributed by atoms with Gasteiger partial charge in [0.15, 0.2) is 17.2 Å². The van der Waals surface area contributed by atoms with Gasteiger partial charge in [-0.15, -0.1) is 5.10 Å². The summed E-state index contributed by atoms with van der Waals surface area (Å²) in [5.41, 5.74) is 6.48. The van der Waals surface area contributed by atoms with Gasteiger partial charge < -0.3 is 5.32 Å². The fraction of sp³-hybridized carbons (Fsp3) is 0.278. The van der Waals surface area contributed by atoms with Gasteiger partial charge in [0, 0.05) is 50.0 Å². The maximum atomic E-state index is 15.0. The van der Waals surface area contributed by atoms with Gasteiger partial charge in [-0.05, 0) is 60.1 Å². The summed E-state index contributed by atoms with van der Waals surface area (Å²) in [5, 5.41) is 11.6. The number of allylic oxidation sites excluding steroid dienone is 4. The highest BCUT2D eigenvalue weighted by atomic mass is 32.2. The van der Waals surface area contributed by atoms with Crippen LogP contribution in [0.1, 0.15) is 60.5 Å². The van der Waals surface area contributed by atoms with Crippen molar-refractivity contribution in [3.05, 3.63) is 111 Å². The van der Waals surface area contributed by atoms with Crippen molar-refractivity contribution in [1.29, 1.82) is 0 Å². The Kier molecular flexibility index (Phi) is 8.77. The molecule has 0 saturated carbocycles. The number of nitrogens with one attached hydrogen (secondary N) is 3. The molecule has 0 bridgehead atoms. The molecule has 0 saturated heterocycles. The third-order valence-corrected chi connectivity index (χ3v) is 10.1. The smallest absolute Gasteiger partial charge is 0.300 e. The fourth-order valence-electron chi connectivity index (χ4n) is 6.94. The van der Waals surface area contributed by atoms with Gasteiger partial charge in [-0.1, -0.05) is 49.1 Å². The van der Waals surface area contributed by atoms with Gasteiger partial charge in [-0.2, -0.15) is 18.2 Å². The topological polar surface area (TPSA) is 165 Å². The molecule has 7 rings (SSSR count). The van der Waals surface area contributed by atoms with Gasteiger partial charge >= 0.3 is 0 Å². The van der Waals surface area contributed by atoms with Crippen molar-refractivity contribution in [1.82, 2.24) is 34.4 Å². The lowest BCUT2D eigenvalue weighted by Gasteiger charge is -2.31. The highest BCUT2D eigenvalue weighted by molar-refractivity contribution is 7.90. The second-order valence-electron chi connectivity index (χ2n) is 12.3. The maximum Gasteiger partial charge on any atom is 0.300 e. The zero-order valence-corrected chi connectivity index (χ0v) is 28.6. The van der Waals surface area contributed by atoms with Crippen molar-refractivity contribution in [2.24, 2.45) is 12.0 Å². The van der Waals surface area contributed by atoms with E-state index in [4.69, 9.17) is 0 Å². The van der Waals surface area contributed by atoms with Crippen molar-refractivity contribution in [2.45, 2.75) is 45.1 Å². The zero-order chi connectivity index (χ0) is 35.0. The quantitative estimate of drug-likeness (QED) is 0.239. The standard InChI is InChI=1S/C36H35N9O4S/c1-4-40-50(48,49)43-34-32(35-38-16-9-17-45(35)42-34)36(47)41-22(2)29-27-13-8-12-25-19-37-20-28(30(25)27)26(15-14-23-18-39-44(3)21-23)33(46)31(29)24-10-6-5-7-11-24/h5-7,9-11,16-18,20-22,31,40H,4,8,12-13,19H2,1-3H3,(H,41,47)(H,42,43). The molecular formula is C36H35N9O4S. The molecule has 3 N–H and O–H groups in total. The monoisotopic (exact) mass is 689 g/mol. The number of anilines is 1.